The summed E-state index contributed by atoms with van der Waals surface area (Å²) in [7, 11) is 0. The van der Waals surface area contributed by atoms with Gasteiger partial charge in [-0.25, -0.2) is 4.98 Å². The molecule has 0 radical (unpaired) electrons. The number of hydrogen-bond acceptors (Lipinski definition) is 3. The molecule has 106 valence electrons. The van der Waals surface area contributed by atoms with Crippen LogP contribution >= 0.6 is 0 Å². The molecule has 1 aliphatic carbocycles. The number of hydrogen-bond donors (Lipinski definition) is 1. The second-order valence-corrected chi connectivity index (χ2v) is 5.85. The van der Waals surface area contributed by atoms with Crippen molar-refractivity contribution >= 4 is 5.78 Å². The van der Waals surface area contributed by atoms with Crippen molar-refractivity contribution in [3.05, 3.63) is 18.2 Å². The Morgan fingerprint density at radius 2 is 2.16 bits per heavy atom. The summed E-state index contributed by atoms with van der Waals surface area (Å²) < 4.78 is 2.07. The fourth-order valence-electron chi connectivity index (χ4n) is 3.02. The average molecular weight is 263 g/mol. The van der Waals surface area contributed by atoms with Crippen LogP contribution in [0.4, 0.5) is 0 Å². The highest BCUT2D eigenvalue weighted by Gasteiger charge is 2.30. The Morgan fingerprint density at radius 1 is 1.42 bits per heavy atom. The predicted octanol–water partition coefficient (Wildman–Crippen LogP) is 2.46. The van der Waals surface area contributed by atoms with Crippen LogP contribution in [0.1, 0.15) is 57.7 Å². The molecule has 2 N–H and O–H groups in total. The van der Waals surface area contributed by atoms with Crippen LogP contribution < -0.4 is 5.73 Å². The Hall–Kier alpha value is -1.16. The second kappa shape index (κ2) is 6.33. The summed E-state index contributed by atoms with van der Waals surface area (Å²) in [5, 5.41) is 0. The van der Waals surface area contributed by atoms with E-state index >= 15 is 0 Å². The van der Waals surface area contributed by atoms with Crippen LogP contribution in [-0.4, -0.2) is 20.9 Å². The van der Waals surface area contributed by atoms with Crippen molar-refractivity contribution in [2.45, 2.75) is 70.4 Å². The van der Waals surface area contributed by atoms with Gasteiger partial charge < -0.3 is 10.3 Å². The number of aromatic nitrogens is 2. The quantitative estimate of drug-likeness (QED) is 0.857. The lowest BCUT2D eigenvalue weighted by Crippen LogP contribution is -2.43. The lowest BCUT2D eigenvalue weighted by atomic mass is 9.79. The van der Waals surface area contributed by atoms with E-state index in [-0.39, 0.29) is 11.3 Å². The molecule has 1 aromatic rings. The highest BCUT2D eigenvalue weighted by molar-refractivity contribution is 5.81. The number of Topliss-reactive ketones (excluding diaryl/α,β-unsaturated/α-hetero) is 1. The Morgan fingerprint density at radius 3 is 2.84 bits per heavy atom. The van der Waals surface area contributed by atoms with Gasteiger partial charge in [-0.15, -0.1) is 0 Å². The number of imidazole rings is 1. The smallest absolute Gasteiger partial charge is 0.142 e. The molecule has 0 saturated heterocycles. The van der Waals surface area contributed by atoms with Gasteiger partial charge in [-0.05, 0) is 19.3 Å². The maximum Gasteiger partial charge on any atom is 0.142 e. The molecule has 1 aliphatic rings. The highest BCUT2D eigenvalue weighted by Crippen LogP contribution is 2.29. The van der Waals surface area contributed by atoms with Crippen LogP contribution in [0.2, 0.25) is 0 Å². The van der Waals surface area contributed by atoms with Gasteiger partial charge in [-0.1, -0.05) is 26.2 Å². The molecule has 0 spiro atoms. The maximum atomic E-state index is 12.2. The first-order valence-electron chi connectivity index (χ1n) is 7.43. The van der Waals surface area contributed by atoms with Crippen molar-refractivity contribution in [3.63, 3.8) is 0 Å². The van der Waals surface area contributed by atoms with Crippen molar-refractivity contribution in [3.8, 4) is 0 Å². The topological polar surface area (TPSA) is 60.9 Å². The van der Waals surface area contributed by atoms with Crippen LogP contribution in [0.15, 0.2) is 12.4 Å². The molecule has 0 aromatic carbocycles. The zero-order chi connectivity index (χ0) is 13.7. The molecular weight excluding hydrogens is 238 g/mol. The SMILES string of the molecule is CCCn1ccnc1CC(=O)CC1(N)CCCCC1. The standard InChI is InChI=1S/C15H25N3O/c1-2-9-18-10-8-17-14(18)11-13(19)12-15(16)6-4-3-5-7-15/h8,10H,2-7,9,11-12,16H2,1H3. The summed E-state index contributed by atoms with van der Waals surface area (Å²) in [6, 6.07) is 0. The monoisotopic (exact) mass is 263 g/mol. The van der Waals surface area contributed by atoms with E-state index in [1.165, 1.54) is 6.42 Å². The second-order valence-electron chi connectivity index (χ2n) is 5.85. The third kappa shape index (κ3) is 3.90. The van der Waals surface area contributed by atoms with E-state index in [9.17, 15) is 4.79 Å². The van der Waals surface area contributed by atoms with Gasteiger partial charge in [0.2, 0.25) is 0 Å². The first kappa shape index (κ1) is 14.3. The van der Waals surface area contributed by atoms with Crippen molar-refractivity contribution in [1.82, 2.24) is 9.55 Å². The summed E-state index contributed by atoms with van der Waals surface area (Å²) in [4.78, 5) is 16.5. The fourth-order valence-corrected chi connectivity index (χ4v) is 3.02. The van der Waals surface area contributed by atoms with Gasteiger partial charge in [0.25, 0.3) is 0 Å². The molecule has 0 amide bonds. The molecule has 1 saturated carbocycles. The largest absolute Gasteiger partial charge is 0.335 e. The Kier molecular flexibility index (Phi) is 4.75. The van der Waals surface area contributed by atoms with E-state index < -0.39 is 0 Å². The van der Waals surface area contributed by atoms with Gasteiger partial charge in [-0.3, -0.25) is 4.79 Å². The molecule has 1 fully saturated rings. The molecule has 0 unspecified atom stereocenters. The minimum Gasteiger partial charge on any atom is -0.335 e. The van der Waals surface area contributed by atoms with Gasteiger partial charge in [0, 0.05) is 30.9 Å². The molecule has 0 bridgehead atoms. The van der Waals surface area contributed by atoms with Crippen molar-refractivity contribution in [1.29, 1.82) is 0 Å². The first-order chi connectivity index (χ1) is 9.13. The van der Waals surface area contributed by atoms with Gasteiger partial charge in [0.05, 0.1) is 6.42 Å². The molecular formula is C15H25N3O. The summed E-state index contributed by atoms with van der Waals surface area (Å²) in [5.74, 6) is 1.11. The summed E-state index contributed by atoms with van der Waals surface area (Å²) >= 11 is 0. The number of carbonyl (C=O) groups excluding carboxylic acids is 1. The number of ketones is 1. The third-order valence-corrected chi connectivity index (χ3v) is 4.02. The Balaban J connectivity index is 1.91. The minimum atomic E-state index is -0.252. The molecule has 1 heterocycles. The number of carbonyl (C=O) groups is 1. The predicted molar refractivity (Wildman–Crippen MR) is 75.8 cm³/mol. The van der Waals surface area contributed by atoms with E-state index in [1.807, 2.05) is 6.20 Å². The number of nitrogens with two attached hydrogens (primary N) is 1. The zero-order valence-corrected chi connectivity index (χ0v) is 11.9. The number of nitrogens with zero attached hydrogens (tertiary/aromatic N) is 2. The molecule has 4 heteroatoms. The van der Waals surface area contributed by atoms with E-state index in [0.29, 0.717) is 12.8 Å². The Bertz CT molecular complexity index is 419. The zero-order valence-electron chi connectivity index (χ0n) is 11.9. The van der Waals surface area contributed by atoms with Gasteiger partial charge in [0.1, 0.15) is 11.6 Å². The maximum absolute atomic E-state index is 12.2. The normalized spacial score (nSPS) is 18.4. The van der Waals surface area contributed by atoms with Crippen LogP contribution in [-0.2, 0) is 17.8 Å². The highest BCUT2D eigenvalue weighted by atomic mass is 16.1. The van der Waals surface area contributed by atoms with Gasteiger partial charge in [0.15, 0.2) is 0 Å². The third-order valence-electron chi connectivity index (χ3n) is 4.02. The van der Waals surface area contributed by atoms with Crippen molar-refractivity contribution in [2.24, 2.45) is 5.73 Å². The molecule has 1 aromatic heterocycles. The molecule has 0 atom stereocenters. The lowest BCUT2D eigenvalue weighted by Gasteiger charge is -2.32. The van der Waals surface area contributed by atoms with E-state index in [0.717, 1.165) is 44.5 Å². The summed E-state index contributed by atoms with van der Waals surface area (Å²) in [6.45, 7) is 3.05. The van der Waals surface area contributed by atoms with Crippen LogP contribution in [0, 0.1) is 0 Å². The molecule has 0 aliphatic heterocycles. The molecule has 4 nitrogen and oxygen atoms in total. The Labute approximate surface area is 115 Å². The summed E-state index contributed by atoms with van der Waals surface area (Å²) in [6.07, 6.45) is 11.3. The number of rotatable bonds is 6. The van der Waals surface area contributed by atoms with Gasteiger partial charge >= 0.3 is 0 Å². The van der Waals surface area contributed by atoms with E-state index in [4.69, 9.17) is 5.73 Å². The summed E-state index contributed by atoms with van der Waals surface area (Å²) in [5.41, 5.74) is 6.09. The average Bonchev–Trinajstić information content (AvgIpc) is 2.77. The van der Waals surface area contributed by atoms with Crippen LogP contribution in [0.3, 0.4) is 0 Å². The van der Waals surface area contributed by atoms with Crippen molar-refractivity contribution in [2.75, 3.05) is 0 Å². The molecule has 19 heavy (non-hydrogen) atoms. The van der Waals surface area contributed by atoms with Crippen LogP contribution in [0.25, 0.3) is 0 Å². The lowest BCUT2D eigenvalue weighted by molar-refractivity contribution is -0.120. The molecule has 2 rings (SSSR count). The number of aryl methyl sites for hydroxylation is 1. The van der Waals surface area contributed by atoms with E-state index in [1.54, 1.807) is 6.20 Å². The van der Waals surface area contributed by atoms with Crippen LogP contribution in [0.5, 0.6) is 0 Å². The van der Waals surface area contributed by atoms with Gasteiger partial charge in [-0.2, -0.15) is 0 Å². The van der Waals surface area contributed by atoms with E-state index in [2.05, 4.69) is 16.5 Å². The minimum absolute atomic E-state index is 0.230. The fraction of sp³-hybridized carbons (Fsp3) is 0.733. The first-order valence-corrected chi connectivity index (χ1v) is 7.43. The van der Waals surface area contributed by atoms with Crippen molar-refractivity contribution < 1.29 is 4.79 Å².